The standard InChI is InChI=1S/C21H26N4O5/c1-3-29-20(28)13(2)30-18(19(27)24-21(22)25-23)11-14-7-9-15(10-8-14)16-5-4-6-17(26)12-16/h4-10,12-13,18,26H,3,11,23H2,1-2H3,(H3,22,24,25,27)/p+1. The molecule has 0 fully saturated rings. The zero-order valence-electron chi connectivity index (χ0n) is 16.9. The largest absolute Gasteiger partial charge is 0.508 e. The number of esters is 1. The van der Waals surface area contributed by atoms with Gasteiger partial charge in [0.25, 0.3) is 0 Å². The van der Waals surface area contributed by atoms with E-state index in [9.17, 15) is 14.7 Å². The molecule has 0 aliphatic heterocycles. The van der Waals surface area contributed by atoms with E-state index in [0.29, 0.717) is 0 Å². The maximum Gasteiger partial charge on any atom is 0.369 e. The number of phenols is 1. The SMILES string of the molecule is CCOC(=O)C(C)OC(Cc1ccc(-c2cccc(O)c2)cc1)C(=O)NC(N)=[NH+]N. The molecular formula is C21H27N4O5+. The van der Waals surface area contributed by atoms with Crippen LogP contribution < -0.4 is 22.0 Å². The summed E-state index contributed by atoms with van der Waals surface area (Å²) in [6.07, 6.45) is -1.77. The number of carbonyl (C=O) groups excluding carboxylic acids is 2. The third-order valence-electron chi connectivity index (χ3n) is 4.25. The zero-order chi connectivity index (χ0) is 22.1. The lowest BCUT2D eigenvalue weighted by Crippen LogP contribution is -2.85. The van der Waals surface area contributed by atoms with Crippen LogP contribution in [0, 0.1) is 0 Å². The van der Waals surface area contributed by atoms with Crippen molar-refractivity contribution in [2.24, 2.45) is 11.6 Å². The highest BCUT2D eigenvalue weighted by atomic mass is 16.6. The fourth-order valence-corrected chi connectivity index (χ4v) is 2.75. The number of hydrazine groups is 1. The molecule has 0 saturated heterocycles. The van der Waals surface area contributed by atoms with E-state index < -0.39 is 24.1 Å². The molecule has 2 atom stereocenters. The van der Waals surface area contributed by atoms with E-state index in [4.69, 9.17) is 21.1 Å². The molecule has 0 saturated carbocycles. The van der Waals surface area contributed by atoms with Crippen LogP contribution in [0.25, 0.3) is 11.1 Å². The lowest BCUT2D eigenvalue weighted by Gasteiger charge is -2.19. The Bertz CT molecular complexity index is 899. The van der Waals surface area contributed by atoms with E-state index in [1.165, 1.54) is 6.92 Å². The molecule has 0 spiro atoms. The molecule has 0 aliphatic rings. The zero-order valence-corrected chi connectivity index (χ0v) is 16.9. The Kier molecular flexibility index (Phi) is 8.18. The second-order valence-electron chi connectivity index (χ2n) is 6.52. The third-order valence-corrected chi connectivity index (χ3v) is 4.25. The molecule has 9 heteroatoms. The average molecular weight is 415 g/mol. The first-order valence-corrected chi connectivity index (χ1v) is 9.44. The second kappa shape index (κ2) is 10.8. The molecule has 7 N–H and O–H groups in total. The number of carbonyl (C=O) groups is 2. The second-order valence-corrected chi connectivity index (χ2v) is 6.52. The Hall–Kier alpha value is -3.59. The van der Waals surface area contributed by atoms with Crippen LogP contribution >= 0.6 is 0 Å². The predicted octanol–water partition coefficient (Wildman–Crippen LogP) is -0.676. The van der Waals surface area contributed by atoms with Gasteiger partial charge in [-0.05, 0) is 42.7 Å². The number of phenolic OH excluding ortho intramolecular Hbond substituents is 1. The van der Waals surface area contributed by atoms with Gasteiger partial charge in [-0.2, -0.15) is 5.10 Å². The monoisotopic (exact) mass is 415 g/mol. The van der Waals surface area contributed by atoms with Gasteiger partial charge in [0.05, 0.1) is 6.61 Å². The maximum atomic E-state index is 12.5. The summed E-state index contributed by atoms with van der Waals surface area (Å²) in [4.78, 5) is 24.4. The molecule has 1 amide bonds. The van der Waals surface area contributed by atoms with Crippen molar-refractivity contribution in [3.8, 4) is 16.9 Å². The van der Waals surface area contributed by atoms with Crippen molar-refractivity contribution in [3.05, 3.63) is 54.1 Å². The van der Waals surface area contributed by atoms with Crippen molar-refractivity contribution in [1.29, 1.82) is 0 Å². The molecule has 0 radical (unpaired) electrons. The van der Waals surface area contributed by atoms with Gasteiger partial charge >= 0.3 is 17.8 Å². The van der Waals surface area contributed by atoms with Crippen LogP contribution in [0.15, 0.2) is 48.5 Å². The Morgan fingerprint density at radius 3 is 2.47 bits per heavy atom. The van der Waals surface area contributed by atoms with Crippen LogP contribution in [0.3, 0.4) is 0 Å². The van der Waals surface area contributed by atoms with E-state index in [0.717, 1.165) is 16.7 Å². The van der Waals surface area contributed by atoms with Gasteiger partial charge in [0.2, 0.25) is 0 Å². The molecule has 30 heavy (non-hydrogen) atoms. The number of ether oxygens (including phenoxy) is 2. The normalized spacial score (nSPS) is 13.3. The van der Waals surface area contributed by atoms with Crippen molar-refractivity contribution >= 4 is 17.8 Å². The summed E-state index contributed by atoms with van der Waals surface area (Å²) in [5.74, 6) is 4.10. The molecule has 2 aromatic carbocycles. The van der Waals surface area contributed by atoms with Crippen molar-refractivity contribution in [2.75, 3.05) is 6.61 Å². The Labute approximate surface area is 174 Å². The van der Waals surface area contributed by atoms with Gasteiger partial charge in [-0.3, -0.25) is 16.4 Å². The molecule has 9 nitrogen and oxygen atoms in total. The highest BCUT2D eigenvalue weighted by Crippen LogP contribution is 2.24. The number of guanidine groups is 1. The number of benzene rings is 2. The third kappa shape index (κ3) is 6.49. The summed E-state index contributed by atoms with van der Waals surface area (Å²) in [7, 11) is 0. The molecule has 2 rings (SSSR count). The molecule has 2 unspecified atom stereocenters. The average Bonchev–Trinajstić information content (AvgIpc) is 2.73. The molecule has 0 aliphatic carbocycles. The molecule has 0 heterocycles. The summed E-state index contributed by atoms with van der Waals surface area (Å²) in [6.45, 7) is 3.40. The molecule has 0 bridgehead atoms. The quantitative estimate of drug-likeness (QED) is 0.126. The van der Waals surface area contributed by atoms with Gasteiger partial charge in [-0.1, -0.05) is 36.4 Å². The van der Waals surface area contributed by atoms with E-state index in [1.807, 2.05) is 30.3 Å². The smallest absolute Gasteiger partial charge is 0.369 e. The highest BCUT2D eigenvalue weighted by molar-refractivity contribution is 5.96. The van der Waals surface area contributed by atoms with Crippen LogP contribution in [-0.2, 0) is 25.5 Å². The number of nitrogens with one attached hydrogen (secondary N) is 2. The number of rotatable bonds is 8. The summed E-state index contributed by atoms with van der Waals surface area (Å²) < 4.78 is 10.6. The van der Waals surface area contributed by atoms with E-state index in [1.54, 1.807) is 25.1 Å². The van der Waals surface area contributed by atoms with Gasteiger partial charge in [-0.15, -0.1) is 0 Å². The minimum absolute atomic E-state index is 0.142. The summed E-state index contributed by atoms with van der Waals surface area (Å²) in [5.41, 5.74) is 8.09. The fourth-order valence-electron chi connectivity index (χ4n) is 2.75. The van der Waals surface area contributed by atoms with Gasteiger partial charge in [-0.25, -0.2) is 10.1 Å². The molecule has 0 aromatic heterocycles. The molecular weight excluding hydrogens is 388 g/mol. The number of amides is 1. The maximum absolute atomic E-state index is 12.5. The van der Waals surface area contributed by atoms with Gasteiger partial charge in [0.1, 0.15) is 5.75 Å². The number of nitrogens with two attached hydrogens (primary N) is 2. The molecule has 2 aromatic rings. The first-order valence-electron chi connectivity index (χ1n) is 9.44. The van der Waals surface area contributed by atoms with E-state index in [-0.39, 0.29) is 24.7 Å². The van der Waals surface area contributed by atoms with Gasteiger partial charge in [0, 0.05) is 6.42 Å². The van der Waals surface area contributed by atoms with Gasteiger partial charge in [0.15, 0.2) is 12.2 Å². The van der Waals surface area contributed by atoms with Crippen LogP contribution in [-0.4, -0.2) is 41.8 Å². The first kappa shape index (κ1) is 22.7. The minimum Gasteiger partial charge on any atom is -0.508 e. The van der Waals surface area contributed by atoms with Crippen LogP contribution in [0.5, 0.6) is 5.75 Å². The summed E-state index contributed by atoms with van der Waals surface area (Å²) in [6, 6.07) is 14.3. The van der Waals surface area contributed by atoms with Crippen molar-refractivity contribution in [1.82, 2.24) is 5.32 Å². The van der Waals surface area contributed by atoms with Crippen molar-refractivity contribution < 1.29 is 29.3 Å². The Morgan fingerprint density at radius 1 is 1.17 bits per heavy atom. The van der Waals surface area contributed by atoms with Crippen LogP contribution in [0.1, 0.15) is 19.4 Å². The summed E-state index contributed by atoms with van der Waals surface area (Å²) >= 11 is 0. The number of hydrazone groups is 1. The number of hydrogen-bond acceptors (Lipinski definition) is 6. The first-order chi connectivity index (χ1) is 14.3. The lowest BCUT2D eigenvalue weighted by molar-refractivity contribution is -0.472. The number of aromatic hydroxyl groups is 1. The van der Waals surface area contributed by atoms with Crippen molar-refractivity contribution in [3.63, 3.8) is 0 Å². The van der Waals surface area contributed by atoms with E-state index in [2.05, 4.69) is 10.4 Å². The Morgan fingerprint density at radius 2 is 1.87 bits per heavy atom. The fraction of sp³-hybridized carbons (Fsp3) is 0.286. The number of hydrogen-bond donors (Lipinski definition) is 5. The summed E-state index contributed by atoms with van der Waals surface area (Å²) in [5, 5.41) is 14.2. The molecule has 160 valence electrons. The highest BCUT2D eigenvalue weighted by Gasteiger charge is 2.29. The minimum atomic E-state index is -1.01. The van der Waals surface area contributed by atoms with E-state index >= 15 is 0 Å². The topological polar surface area (TPSA) is 151 Å². The van der Waals surface area contributed by atoms with Crippen molar-refractivity contribution in [2.45, 2.75) is 32.5 Å². The lowest BCUT2D eigenvalue weighted by atomic mass is 10.0. The predicted molar refractivity (Wildman–Crippen MR) is 111 cm³/mol. The van der Waals surface area contributed by atoms with Crippen LogP contribution in [0.4, 0.5) is 0 Å². The van der Waals surface area contributed by atoms with Gasteiger partial charge < -0.3 is 14.6 Å². The van der Waals surface area contributed by atoms with Crippen LogP contribution in [0.2, 0.25) is 0 Å². The Balaban J connectivity index is 2.17.